The molecular formula is C21H27FN2O3S. The zero-order chi connectivity index (χ0) is 20.7. The average Bonchev–Trinajstić information content (AvgIpc) is 2.64. The van der Waals surface area contributed by atoms with Crippen LogP contribution in [0.25, 0.3) is 0 Å². The number of carbonyl (C=O) groups excluding carboxylic acids is 1. The third-order valence-electron chi connectivity index (χ3n) is 4.51. The van der Waals surface area contributed by atoms with Crippen molar-refractivity contribution in [2.45, 2.75) is 39.2 Å². The first-order chi connectivity index (χ1) is 13.2. The van der Waals surface area contributed by atoms with Crippen LogP contribution in [0, 0.1) is 12.7 Å². The van der Waals surface area contributed by atoms with Crippen LogP contribution in [0.2, 0.25) is 0 Å². The summed E-state index contributed by atoms with van der Waals surface area (Å²) in [6.45, 7) is 4.04. The fraction of sp³-hybridized carbons (Fsp3) is 0.381. The summed E-state index contributed by atoms with van der Waals surface area (Å²) in [6, 6.07) is 13.6. The van der Waals surface area contributed by atoms with Gasteiger partial charge in [-0.1, -0.05) is 48.9 Å². The number of nitrogens with one attached hydrogen (secondary N) is 1. The van der Waals surface area contributed by atoms with Gasteiger partial charge in [-0.05, 0) is 37.5 Å². The molecule has 0 aliphatic heterocycles. The minimum Gasteiger partial charge on any atom is -0.349 e. The molecule has 5 nitrogen and oxygen atoms in total. The maximum atomic E-state index is 14.0. The number of anilines is 1. The maximum absolute atomic E-state index is 14.0. The summed E-state index contributed by atoms with van der Waals surface area (Å²) in [7, 11) is -3.65. The Morgan fingerprint density at radius 3 is 2.36 bits per heavy atom. The molecule has 1 N–H and O–H groups in total. The first kappa shape index (κ1) is 21.9. The van der Waals surface area contributed by atoms with E-state index in [-0.39, 0.29) is 37.0 Å². The largest absolute Gasteiger partial charge is 0.349 e. The van der Waals surface area contributed by atoms with Crippen molar-refractivity contribution in [3.05, 3.63) is 65.5 Å². The van der Waals surface area contributed by atoms with Crippen molar-refractivity contribution >= 4 is 21.6 Å². The highest BCUT2D eigenvalue weighted by molar-refractivity contribution is 7.92. The molecule has 0 heterocycles. The SMILES string of the molecule is CC[C@@H](NC(=O)CCCN(c1ccccc1F)S(C)(=O)=O)c1ccc(C)cc1. The summed E-state index contributed by atoms with van der Waals surface area (Å²) in [5.74, 6) is -0.766. The van der Waals surface area contributed by atoms with Crippen molar-refractivity contribution in [2.24, 2.45) is 0 Å². The van der Waals surface area contributed by atoms with Crippen LogP contribution in [0.4, 0.5) is 10.1 Å². The molecule has 0 aliphatic rings. The van der Waals surface area contributed by atoms with Gasteiger partial charge in [-0.3, -0.25) is 9.10 Å². The number of para-hydroxylation sites is 1. The van der Waals surface area contributed by atoms with E-state index in [1.54, 1.807) is 6.07 Å². The average molecular weight is 407 g/mol. The lowest BCUT2D eigenvalue weighted by atomic mass is 10.0. The van der Waals surface area contributed by atoms with E-state index in [9.17, 15) is 17.6 Å². The van der Waals surface area contributed by atoms with E-state index in [1.165, 1.54) is 18.2 Å². The second kappa shape index (κ2) is 9.68. The molecule has 0 aromatic heterocycles. The lowest BCUT2D eigenvalue weighted by Crippen LogP contribution is -2.33. The molecule has 2 aromatic carbocycles. The molecule has 7 heteroatoms. The molecule has 0 saturated heterocycles. The quantitative estimate of drug-likeness (QED) is 0.686. The summed E-state index contributed by atoms with van der Waals surface area (Å²) in [4.78, 5) is 12.3. The predicted molar refractivity (Wildman–Crippen MR) is 110 cm³/mol. The maximum Gasteiger partial charge on any atom is 0.232 e. The summed E-state index contributed by atoms with van der Waals surface area (Å²) >= 11 is 0. The number of hydrogen-bond acceptors (Lipinski definition) is 3. The van der Waals surface area contributed by atoms with Gasteiger partial charge >= 0.3 is 0 Å². The Kier molecular flexibility index (Phi) is 7.57. The zero-order valence-electron chi connectivity index (χ0n) is 16.5. The van der Waals surface area contributed by atoms with E-state index in [0.29, 0.717) is 0 Å². The molecule has 0 spiro atoms. The molecule has 0 unspecified atom stereocenters. The molecule has 0 bridgehead atoms. The zero-order valence-corrected chi connectivity index (χ0v) is 17.3. The Bertz CT molecular complexity index is 898. The van der Waals surface area contributed by atoms with Gasteiger partial charge in [0.2, 0.25) is 15.9 Å². The van der Waals surface area contributed by atoms with Crippen LogP contribution in [0.5, 0.6) is 0 Å². The van der Waals surface area contributed by atoms with E-state index in [4.69, 9.17) is 0 Å². The van der Waals surface area contributed by atoms with Crippen molar-refractivity contribution in [3.63, 3.8) is 0 Å². The highest BCUT2D eigenvalue weighted by atomic mass is 32.2. The molecule has 0 radical (unpaired) electrons. The van der Waals surface area contributed by atoms with Gasteiger partial charge in [0.05, 0.1) is 18.0 Å². The molecule has 0 saturated carbocycles. The normalized spacial score (nSPS) is 12.4. The standard InChI is InChI=1S/C21H27FN2O3S/c1-4-19(17-13-11-16(2)12-14-17)23-21(25)10-7-15-24(28(3,26)27)20-9-6-5-8-18(20)22/h5-6,8-9,11-14,19H,4,7,10,15H2,1-3H3,(H,23,25)/t19-/m1/s1. The number of carbonyl (C=O) groups is 1. The molecule has 0 aliphatic carbocycles. The van der Waals surface area contributed by atoms with Gasteiger partial charge < -0.3 is 5.32 Å². The Hall–Kier alpha value is -2.41. The number of sulfonamides is 1. The number of halogens is 1. The van der Waals surface area contributed by atoms with Crippen molar-refractivity contribution < 1.29 is 17.6 Å². The third kappa shape index (κ3) is 6.05. The Morgan fingerprint density at radius 2 is 1.79 bits per heavy atom. The molecule has 1 atom stereocenters. The fourth-order valence-corrected chi connectivity index (χ4v) is 3.95. The van der Waals surface area contributed by atoms with E-state index in [1.807, 2.05) is 38.1 Å². The van der Waals surface area contributed by atoms with E-state index >= 15 is 0 Å². The molecule has 2 aromatic rings. The third-order valence-corrected chi connectivity index (χ3v) is 5.69. The van der Waals surface area contributed by atoms with Gasteiger partial charge in [0.15, 0.2) is 0 Å². The van der Waals surface area contributed by atoms with Crippen LogP contribution >= 0.6 is 0 Å². The number of hydrogen-bond donors (Lipinski definition) is 1. The van der Waals surface area contributed by atoms with E-state index < -0.39 is 15.8 Å². The van der Waals surface area contributed by atoms with Gasteiger partial charge in [-0.2, -0.15) is 0 Å². The first-order valence-corrected chi connectivity index (χ1v) is 11.2. The summed E-state index contributed by atoms with van der Waals surface area (Å²) in [6.07, 6.45) is 2.23. The van der Waals surface area contributed by atoms with Crippen LogP contribution in [0.1, 0.15) is 43.4 Å². The predicted octanol–water partition coefficient (Wildman–Crippen LogP) is 3.95. The van der Waals surface area contributed by atoms with Crippen LogP contribution in [0.15, 0.2) is 48.5 Å². The highest BCUT2D eigenvalue weighted by Crippen LogP contribution is 2.22. The van der Waals surface area contributed by atoms with Crippen LogP contribution in [-0.2, 0) is 14.8 Å². The minimum absolute atomic E-state index is 0.00324. The van der Waals surface area contributed by atoms with Gasteiger partial charge in [0.25, 0.3) is 0 Å². The van der Waals surface area contributed by atoms with Gasteiger partial charge in [0.1, 0.15) is 5.82 Å². The monoisotopic (exact) mass is 406 g/mol. The van der Waals surface area contributed by atoms with Crippen molar-refractivity contribution in [3.8, 4) is 0 Å². The molecule has 1 amide bonds. The lowest BCUT2D eigenvalue weighted by molar-refractivity contribution is -0.121. The first-order valence-electron chi connectivity index (χ1n) is 9.30. The molecule has 152 valence electrons. The molecular weight excluding hydrogens is 379 g/mol. The van der Waals surface area contributed by atoms with Crippen LogP contribution < -0.4 is 9.62 Å². The van der Waals surface area contributed by atoms with E-state index in [2.05, 4.69) is 5.32 Å². The van der Waals surface area contributed by atoms with Crippen LogP contribution in [0.3, 0.4) is 0 Å². The second-order valence-corrected chi connectivity index (χ2v) is 8.74. The Morgan fingerprint density at radius 1 is 1.14 bits per heavy atom. The molecule has 28 heavy (non-hydrogen) atoms. The number of nitrogens with zero attached hydrogens (tertiary/aromatic N) is 1. The van der Waals surface area contributed by atoms with Gasteiger partial charge in [-0.25, -0.2) is 12.8 Å². The highest BCUT2D eigenvalue weighted by Gasteiger charge is 2.21. The summed E-state index contributed by atoms with van der Waals surface area (Å²) < 4.78 is 39.1. The van der Waals surface area contributed by atoms with Crippen molar-refractivity contribution in [2.75, 3.05) is 17.1 Å². The number of rotatable bonds is 9. The number of amides is 1. The Labute approximate surface area is 166 Å². The number of benzene rings is 2. The minimum atomic E-state index is -3.65. The second-order valence-electron chi connectivity index (χ2n) is 6.83. The smallest absolute Gasteiger partial charge is 0.232 e. The number of aryl methyl sites for hydroxylation is 1. The van der Waals surface area contributed by atoms with Gasteiger partial charge in [0, 0.05) is 13.0 Å². The lowest BCUT2D eigenvalue weighted by Gasteiger charge is -2.23. The van der Waals surface area contributed by atoms with Crippen LogP contribution in [-0.4, -0.2) is 27.1 Å². The summed E-state index contributed by atoms with van der Waals surface area (Å²) in [5.41, 5.74) is 2.18. The Balaban J connectivity index is 1.97. The fourth-order valence-electron chi connectivity index (χ4n) is 2.99. The topological polar surface area (TPSA) is 66.5 Å². The molecule has 2 rings (SSSR count). The summed E-state index contributed by atoms with van der Waals surface area (Å²) in [5, 5.41) is 2.99. The molecule has 0 fully saturated rings. The van der Waals surface area contributed by atoms with Gasteiger partial charge in [-0.15, -0.1) is 0 Å². The van der Waals surface area contributed by atoms with Crippen molar-refractivity contribution in [1.29, 1.82) is 0 Å². The van der Waals surface area contributed by atoms with Crippen molar-refractivity contribution in [1.82, 2.24) is 5.32 Å². The van der Waals surface area contributed by atoms with E-state index in [0.717, 1.165) is 28.1 Å².